The summed E-state index contributed by atoms with van der Waals surface area (Å²) in [5, 5.41) is 20.3. The van der Waals surface area contributed by atoms with E-state index in [1.165, 1.54) is 0 Å². The van der Waals surface area contributed by atoms with Crippen LogP contribution in [0.3, 0.4) is 0 Å². The molecule has 0 radical (unpaired) electrons. The second-order valence-corrected chi connectivity index (χ2v) is 4.89. The molecule has 2 aromatic rings. The van der Waals surface area contributed by atoms with Crippen molar-refractivity contribution in [1.29, 1.82) is 10.5 Å². The molecular weight excluding hydrogens is 274 g/mol. The predicted octanol–water partition coefficient (Wildman–Crippen LogP) is 2.68. The van der Waals surface area contributed by atoms with Crippen LogP contribution in [0.25, 0.3) is 0 Å². The maximum Gasteiger partial charge on any atom is 0.220 e. The molecule has 4 nitrogen and oxygen atoms in total. The van der Waals surface area contributed by atoms with Crippen molar-refractivity contribution in [2.45, 2.75) is 19.4 Å². The molecule has 22 heavy (non-hydrogen) atoms. The standard InChI is InChI=1S/C18H15N3O/c19-11-15-3-1-14(2-4-15)9-10-18(22)21-13-17-7-5-16(12-20)6-8-17/h1-8H,9-10,13H2,(H,21,22). The Morgan fingerprint density at radius 1 is 0.864 bits per heavy atom. The van der Waals surface area contributed by atoms with Crippen molar-refractivity contribution >= 4 is 5.91 Å². The molecule has 0 fully saturated rings. The number of benzene rings is 2. The van der Waals surface area contributed by atoms with E-state index >= 15 is 0 Å². The first-order valence-corrected chi connectivity index (χ1v) is 6.96. The largest absolute Gasteiger partial charge is 0.352 e. The number of amides is 1. The summed E-state index contributed by atoms with van der Waals surface area (Å²) in [4.78, 5) is 11.8. The number of nitrogens with one attached hydrogen (secondary N) is 1. The molecule has 1 N–H and O–H groups in total. The van der Waals surface area contributed by atoms with Crippen LogP contribution in [0.15, 0.2) is 48.5 Å². The van der Waals surface area contributed by atoms with E-state index in [2.05, 4.69) is 17.5 Å². The summed E-state index contributed by atoms with van der Waals surface area (Å²) in [5.74, 6) is -0.0197. The zero-order valence-electron chi connectivity index (χ0n) is 12.0. The van der Waals surface area contributed by atoms with Crippen LogP contribution in [0.1, 0.15) is 28.7 Å². The van der Waals surface area contributed by atoms with Crippen molar-refractivity contribution in [3.8, 4) is 12.1 Å². The number of nitrogens with zero attached hydrogens (tertiary/aromatic N) is 2. The van der Waals surface area contributed by atoms with Crippen LogP contribution in [0.2, 0.25) is 0 Å². The molecule has 0 aliphatic carbocycles. The van der Waals surface area contributed by atoms with Gasteiger partial charge in [0.1, 0.15) is 0 Å². The molecule has 0 aliphatic rings. The molecular formula is C18H15N3O. The highest BCUT2D eigenvalue weighted by molar-refractivity contribution is 5.76. The zero-order valence-corrected chi connectivity index (χ0v) is 12.0. The normalized spacial score (nSPS) is 9.55. The van der Waals surface area contributed by atoms with E-state index in [9.17, 15) is 4.79 Å². The lowest BCUT2D eigenvalue weighted by Gasteiger charge is -2.06. The summed E-state index contributed by atoms with van der Waals surface area (Å²) in [6.45, 7) is 0.456. The number of hydrogen-bond donors (Lipinski definition) is 1. The number of aryl methyl sites for hydroxylation is 1. The van der Waals surface area contributed by atoms with E-state index in [1.807, 2.05) is 24.3 Å². The van der Waals surface area contributed by atoms with Gasteiger partial charge in [0.2, 0.25) is 5.91 Å². The molecule has 0 aliphatic heterocycles. The number of carbonyl (C=O) groups is 1. The van der Waals surface area contributed by atoms with E-state index in [0.717, 1.165) is 11.1 Å². The van der Waals surface area contributed by atoms with Gasteiger partial charge in [0, 0.05) is 13.0 Å². The lowest BCUT2D eigenvalue weighted by molar-refractivity contribution is -0.121. The summed E-state index contributed by atoms with van der Waals surface area (Å²) in [6, 6.07) is 18.5. The molecule has 0 saturated carbocycles. The highest BCUT2D eigenvalue weighted by atomic mass is 16.1. The van der Waals surface area contributed by atoms with E-state index in [4.69, 9.17) is 10.5 Å². The molecule has 2 aromatic carbocycles. The fourth-order valence-electron chi connectivity index (χ4n) is 1.99. The Morgan fingerprint density at radius 3 is 1.86 bits per heavy atom. The van der Waals surface area contributed by atoms with Crippen LogP contribution in [-0.4, -0.2) is 5.91 Å². The minimum Gasteiger partial charge on any atom is -0.352 e. The maximum absolute atomic E-state index is 11.8. The molecule has 0 heterocycles. The summed E-state index contributed by atoms with van der Waals surface area (Å²) in [7, 11) is 0. The van der Waals surface area contributed by atoms with Crippen LogP contribution >= 0.6 is 0 Å². The maximum atomic E-state index is 11.8. The molecule has 0 aromatic heterocycles. The van der Waals surface area contributed by atoms with Gasteiger partial charge in [-0.3, -0.25) is 4.79 Å². The summed E-state index contributed by atoms with van der Waals surface area (Å²) < 4.78 is 0. The number of carbonyl (C=O) groups excluding carboxylic acids is 1. The van der Waals surface area contributed by atoms with Crippen LogP contribution in [0, 0.1) is 22.7 Å². The van der Waals surface area contributed by atoms with Gasteiger partial charge in [0.05, 0.1) is 23.3 Å². The molecule has 1 amide bonds. The molecule has 0 atom stereocenters. The van der Waals surface area contributed by atoms with Crippen molar-refractivity contribution in [2.24, 2.45) is 0 Å². The predicted molar refractivity (Wildman–Crippen MR) is 82.5 cm³/mol. The topological polar surface area (TPSA) is 76.7 Å². The lowest BCUT2D eigenvalue weighted by atomic mass is 10.1. The molecule has 4 heteroatoms. The molecule has 0 spiro atoms. The monoisotopic (exact) mass is 289 g/mol. The van der Waals surface area contributed by atoms with Crippen molar-refractivity contribution in [3.63, 3.8) is 0 Å². The van der Waals surface area contributed by atoms with Gasteiger partial charge in [-0.1, -0.05) is 24.3 Å². The minimum atomic E-state index is -0.0197. The number of hydrogen-bond acceptors (Lipinski definition) is 3. The fourth-order valence-corrected chi connectivity index (χ4v) is 1.99. The van der Waals surface area contributed by atoms with Gasteiger partial charge in [-0.25, -0.2) is 0 Å². The van der Waals surface area contributed by atoms with Gasteiger partial charge in [-0.05, 0) is 41.8 Å². The highest BCUT2D eigenvalue weighted by Gasteiger charge is 2.03. The fraction of sp³-hybridized carbons (Fsp3) is 0.167. The number of nitriles is 2. The second-order valence-electron chi connectivity index (χ2n) is 4.89. The Labute approximate surface area is 129 Å². The average molecular weight is 289 g/mol. The summed E-state index contributed by atoms with van der Waals surface area (Å²) in [6.07, 6.45) is 1.05. The summed E-state index contributed by atoms with van der Waals surface area (Å²) in [5.41, 5.74) is 3.23. The Balaban J connectivity index is 1.77. The first-order chi connectivity index (χ1) is 10.7. The van der Waals surface area contributed by atoms with Gasteiger partial charge in [-0.15, -0.1) is 0 Å². The van der Waals surface area contributed by atoms with E-state index < -0.39 is 0 Å². The van der Waals surface area contributed by atoms with Gasteiger partial charge < -0.3 is 5.32 Å². The quantitative estimate of drug-likeness (QED) is 0.919. The Hall–Kier alpha value is -3.11. The Bertz CT molecular complexity index is 655. The average Bonchev–Trinajstić information content (AvgIpc) is 2.59. The smallest absolute Gasteiger partial charge is 0.220 e. The zero-order chi connectivity index (χ0) is 15.8. The van der Waals surface area contributed by atoms with Gasteiger partial charge in [-0.2, -0.15) is 10.5 Å². The van der Waals surface area contributed by atoms with Crippen molar-refractivity contribution in [3.05, 3.63) is 70.8 Å². The Kier molecular flexibility index (Phi) is 5.29. The third-order valence-corrected chi connectivity index (χ3v) is 3.30. The van der Waals surface area contributed by atoms with Crippen LogP contribution in [0.5, 0.6) is 0 Å². The van der Waals surface area contributed by atoms with Gasteiger partial charge >= 0.3 is 0 Å². The molecule has 0 unspecified atom stereocenters. The second kappa shape index (κ2) is 7.61. The molecule has 0 bridgehead atoms. The van der Waals surface area contributed by atoms with Crippen molar-refractivity contribution in [2.75, 3.05) is 0 Å². The van der Waals surface area contributed by atoms with Crippen molar-refractivity contribution in [1.82, 2.24) is 5.32 Å². The first-order valence-electron chi connectivity index (χ1n) is 6.96. The van der Waals surface area contributed by atoms with E-state index in [1.54, 1.807) is 24.3 Å². The first kappa shape index (κ1) is 15.3. The summed E-state index contributed by atoms with van der Waals surface area (Å²) >= 11 is 0. The minimum absolute atomic E-state index is 0.0197. The lowest BCUT2D eigenvalue weighted by Crippen LogP contribution is -2.22. The number of rotatable bonds is 5. The van der Waals surface area contributed by atoms with Crippen LogP contribution in [0.4, 0.5) is 0 Å². The Morgan fingerprint density at radius 2 is 1.36 bits per heavy atom. The third kappa shape index (κ3) is 4.47. The molecule has 2 rings (SSSR count). The van der Waals surface area contributed by atoms with Gasteiger partial charge in [0.15, 0.2) is 0 Å². The molecule has 0 saturated heterocycles. The highest BCUT2D eigenvalue weighted by Crippen LogP contribution is 2.06. The molecule has 108 valence electrons. The SMILES string of the molecule is N#Cc1ccc(CCC(=O)NCc2ccc(C#N)cc2)cc1. The van der Waals surface area contributed by atoms with Gasteiger partial charge in [0.25, 0.3) is 0 Å². The van der Waals surface area contributed by atoms with Crippen LogP contribution < -0.4 is 5.32 Å². The van der Waals surface area contributed by atoms with E-state index in [-0.39, 0.29) is 5.91 Å². The van der Waals surface area contributed by atoms with Crippen LogP contribution in [-0.2, 0) is 17.8 Å². The van der Waals surface area contributed by atoms with E-state index in [0.29, 0.717) is 30.5 Å². The third-order valence-electron chi connectivity index (χ3n) is 3.30. The van der Waals surface area contributed by atoms with Crippen molar-refractivity contribution < 1.29 is 4.79 Å².